The summed E-state index contributed by atoms with van der Waals surface area (Å²) in [6, 6.07) is 11.1. The molecule has 2 aliphatic heterocycles. The monoisotopic (exact) mass is 454 g/mol. The highest BCUT2D eigenvalue weighted by molar-refractivity contribution is 7.94. The molecule has 168 valence electrons. The number of carbonyl (C=O) groups excluding carboxylic acids is 2. The molecule has 2 aromatic carbocycles. The second kappa shape index (κ2) is 6.96. The van der Waals surface area contributed by atoms with E-state index >= 15 is 0 Å². The second-order valence-corrected chi connectivity index (χ2v) is 10.7. The van der Waals surface area contributed by atoms with Crippen LogP contribution in [0.5, 0.6) is 0 Å². The Morgan fingerprint density at radius 2 is 1.72 bits per heavy atom. The minimum Gasteiger partial charge on any atom is -0.381 e. The van der Waals surface area contributed by atoms with Gasteiger partial charge in [0, 0.05) is 26.4 Å². The Bertz CT molecular complexity index is 1250. The largest absolute Gasteiger partial charge is 0.381 e. The lowest BCUT2D eigenvalue weighted by molar-refractivity contribution is -0.132. The fraction of sp³-hybridized carbons (Fsp3) is 0.391. The molecule has 0 aromatic heterocycles. The smallest absolute Gasteiger partial charge is 0.323 e. The van der Waals surface area contributed by atoms with Crippen molar-refractivity contribution in [2.45, 2.75) is 38.6 Å². The lowest BCUT2D eigenvalue weighted by Crippen LogP contribution is -2.63. The summed E-state index contributed by atoms with van der Waals surface area (Å²) in [6.07, 6.45) is 2.85. The zero-order valence-electron chi connectivity index (χ0n) is 18.3. The van der Waals surface area contributed by atoms with Gasteiger partial charge in [-0.25, -0.2) is 0 Å². The highest BCUT2D eigenvalue weighted by Crippen LogP contribution is 2.43. The number of hydrogen-bond acceptors (Lipinski definition) is 5. The van der Waals surface area contributed by atoms with Crippen molar-refractivity contribution in [1.29, 1.82) is 0 Å². The number of ketones is 1. The third-order valence-corrected chi connectivity index (χ3v) is 8.34. The molecule has 0 bridgehead atoms. The molecule has 1 amide bonds. The molecule has 0 unspecified atom stereocenters. The summed E-state index contributed by atoms with van der Waals surface area (Å²) in [5, 5.41) is 3.37. The van der Waals surface area contributed by atoms with Crippen LogP contribution in [0, 0.1) is 5.92 Å². The van der Waals surface area contributed by atoms with E-state index < -0.39 is 15.7 Å². The van der Waals surface area contributed by atoms with E-state index in [1.165, 1.54) is 18.3 Å². The van der Waals surface area contributed by atoms with Crippen molar-refractivity contribution in [1.82, 2.24) is 0 Å². The van der Waals surface area contributed by atoms with Crippen molar-refractivity contribution >= 4 is 44.6 Å². The Balaban J connectivity index is 1.52. The molecule has 5 rings (SSSR count). The fourth-order valence-corrected chi connectivity index (χ4v) is 5.88. The highest BCUT2D eigenvalue weighted by atomic mass is 32.2. The van der Waals surface area contributed by atoms with E-state index in [4.69, 9.17) is 0 Å². The predicted octanol–water partition coefficient (Wildman–Crippen LogP) is 3.37. The van der Waals surface area contributed by atoms with Crippen LogP contribution < -0.4 is 19.2 Å². The Hall–Kier alpha value is -3.07. The second-order valence-electron chi connectivity index (χ2n) is 9.01. The van der Waals surface area contributed by atoms with E-state index in [1.807, 2.05) is 37.3 Å². The molecule has 2 aromatic rings. The van der Waals surface area contributed by atoms with Crippen molar-refractivity contribution in [3.05, 3.63) is 36.4 Å². The average Bonchev–Trinajstić information content (AvgIpc) is 2.94. The molecule has 1 aliphatic carbocycles. The van der Waals surface area contributed by atoms with Gasteiger partial charge >= 0.3 is 10.2 Å². The number of anilines is 4. The molecule has 2 heterocycles. The van der Waals surface area contributed by atoms with Crippen molar-refractivity contribution in [2.24, 2.45) is 5.92 Å². The Labute approximate surface area is 187 Å². The predicted molar refractivity (Wildman–Crippen MR) is 125 cm³/mol. The normalized spacial score (nSPS) is 23.5. The van der Waals surface area contributed by atoms with E-state index in [0.717, 1.165) is 36.1 Å². The van der Waals surface area contributed by atoms with Crippen molar-refractivity contribution in [3.63, 3.8) is 0 Å². The number of carbonyl (C=O) groups is 2. The molecule has 1 fully saturated rings. The molecule has 2 N–H and O–H groups in total. The van der Waals surface area contributed by atoms with Crippen LogP contribution in [-0.4, -0.2) is 39.2 Å². The first-order valence-electron chi connectivity index (χ1n) is 10.8. The molecule has 0 radical (unpaired) electrons. The molecular formula is C23H26N4O4S. The van der Waals surface area contributed by atoms with Crippen molar-refractivity contribution < 1.29 is 18.0 Å². The van der Waals surface area contributed by atoms with Crippen LogP contribution in [0.25, 0.3) is 11.1 Å². The fourth-order valence-electron chi connectivity index (χ4n) is 4.88. The van der Waals surface area contributed by atoms with Crippen LogP contribution in [-0.2, 0) is 19.8 Å². The minimum absolute atomic E-state index is 0.0257. The minimum atomic E-state index is -3.55. The van der Waals surface area contributed by atoms with E-state index in [-0.39, 0.29) is 17.6 Å². The van der Waals surface area contributed by atoms with Gasteiger partial charge in [0.1, 0.15) is 5.54 Å². The first kappa shape index (κ1) is 20.8. The average molecular weight is 455 g/mol. The van der Waals surface area contributed by atoms with E-state index in [2.05, 4.69) is 10.0 Å². The van der Waals surface area contributed by atoms with Gasteiger partial charge in [-0.05, 0) is 55.2 Å². The summed E-state index contributed by atoms with van der Waals surface area (Å²) in [6.45, 7) is 3.70. The van der Waals surface area contributed by atoms with Gasteiger partial charge in [-0.3, -0.25) is 23.5 Å². The van der Waals surface area contributed by atoms with Gasteiger partial charge in [-0.1, -0.05) is 18.6 Å². The molecule has 32 heavy (non-hydrogen) atoms. The molecule has 0 spiro atoms. The number of Topliss-reactive ketones (excluding diaryl/α,β-unsaturated/α-hetero) is 1. The summed E-state index contributed by atoms with van der Waals surface area (Å²) in [7, 11) is -2.03. The van der Waals surface area contributed by atoms with Crippen LogP contribution in [0.3, 0.4) is 0 Å². The number of hydrogen-bond donors (Lipinski definition) is 2. The summed E-state index contributed by atoms with van der Waals surface area (Å²) < 4.78 is 27.9. The van der Waals surface area contributed by atoms with Crippen LogP contribution in [0.15, 0.2) is 36.4 Å². The first-order valence-corrected chi connectivity index (χ1v) is 12.2. The third kappa shape index (κ3) is 2.98. The zero-order chi connectivity index (χ0) is 22.8. The third-order valence-electron chi connectivity index (χ3n) is 6.95. The quantitative estimate of drug-likeness (QED) is 0.741. The number of fused-ring (bicyclic) bond motifs is 2. The molecule has 8 nitrogen and oxygen atoms in total. The van der Waals surface area contributed by atoms with E-state index in [1.54, 1.807) is 11.0 Å². The first-order chi connectivity index (χ1) is 15.1. The molecule has 9 heteroatoms. The van der Waals surface area contributed by atoms with Crippen molar-refractivity contribution in [2.75, 3.05) is 32.8 Å². The van der Waals surface area contributed by atoms with Crippen LogP contribution >= 0.6 is 0 Å². The van der Waals surface area contributed by atoms with Gasteiger partial charge < -0.3 is 5.32 Å². The maximum absolute atomic E-state index is 13.2. The van der Waals surface area contributed by atoms with Gasteiger partial charge in [-0.15, -0.1) is 0 Å². The van der Waals surface area contributed by atoms with Crippen LogP contribution in [0.4, 0.5) is 22.7 Å². The molecular weight excluding hydrogens is 428 g/mol. The molecule has 1 atom stereocenters. The number of rotatable bonds is 3. The number of benzene rings is 2. The SMILES string of the molecule is CC(=O)N1c2ccc(-c3ccc4c(c3)N(C)S(=O)(=O)N4)cc2NC[C@@]1(C)C(=O)C1CCC1. The summed E-state index contributed by atoms with van der Waals surface area (Å²) in [4.78, 5) is 27.5. The molecule has 3 aliphatic rings. The zero-order valence-corrected chi connectivity index (χ0v) is 19.1. The molecule has 1 saturated carbocycles. The maximum Gasteiger partial charge on any atom is 0.323 e. The van der Waals surface area contributed by atoms with Crippen LogP contribution in [0.1, 0.15) is 33.1 Å². The van der Waals surface area contributed by atoms with Gasteiger partial charge in [0.25, 0.3) is 0 Å². The highest BCUT2D eigenvalue weighted by Gasteiger charge is 2.48. The molecule has 0 saturated heterocycles. The van der Waals surface area contributed by atoms with Crippen molar-refractivity contribution in [3.8, 4) is 11.1 Å². The summed E-state index contributed by atoms with van der Waals surface area (Å²) in [5.41, 5.74) is 3.40. The van der Waals surface area contributed by atoms with Gasteiger partial charge in [0.15, 0.2) is 5.78 Å². The number of nitrogens with zero attached hydrogens (tertiary/aromatic N) is 2. The van der Waals surface area contributed by atoms with E-state index in [0.29, 0.717) is 23.6 Å². The summed E-state index contributed by atoms with van der Waals surface area (Å²) in [5.74, 6) is -0.0135. The Morgan fingerprint density at radius 3 is 2.38 bits per heavy atom. The summed E-state index contributed by atoms with van der Waals surface area (Å²) >= 11 is 0. The standard InChI is InChI=1S/C23H26N4O4S/c1-14(28)27-20-10-8-16(17-7-9-18-21(12-17)26(3)32(30,31)25-18)11-19(20)24-13-23(27,2)22(29)15-5-4-6-15/h7-12,15,24-25H,4-6,13H2,1-3H3/t23-/m0/s1. The maximum atomic E-state index is 13.2. The van der Waals surface area contributed by atoms with Gasteiger partial charge in [-0.2, -0.15) is 8.42 Å². The number of nitrogens with one attached hydrogen (secondary N) is 2. The van der Waals surface area contributed by atoms with Crippen LogP contribution in [0.2, 0.25) is 0 Å². The Kier molecular flexibility index (Phi) is 4.53. The lowest BCUT2D eigenvalue weighted by Gasteiger charge is -2.47. The topological polar surface area (TPSA) is 98.8 Å². The number of amides is 1. The lowest BCUT2D eigenvalue weighted by atomic mass is 9.73. The Morgan fingerprint density at radius 1 is 1.03 bits per heavy atom. The van der Waals surface area contributed by atoms with E-state index in [9.17, 15) is 18.0 Å². The van der Waals surface area contributed by atoms with Gasteiger partial charge in [0.2, 0.25) is 5.91 Å². The van der Waals surface area contributed by atoms with Gasteiger partial charge in [0.05, 0.1) is 22.7 Å².